The maximum atomic E-state index is 13.4. The van der Waals surface area contributed by atoms with Crippen LogP contribution in [0, 0.1) is 5.82 Å². The lowest BCUT2D eigenvalue weighted by molar-refractivity contribution is 0.414. The fourth-order valence-electron chi connectivity index (χ4n) is 2.70. The van der Waals surface area contributed by atoms with Crippen LogP contribution in [0.15, 0.2) is 64.7 Å². The van der Waals surface area contributed by atoms with Gasteiger partial charge >= 0.3 is 0 Å². The van der Waals surface area contributed by atoms with Gasteiger partial charge in [0.1, 0.15) is 17.0 Å². The number of aromatic amines is 1. The standard InChI is InChI=1S/C19H15FN4O2S/c1-26-15-7-5-14(6-8-15)24-18(25)16-10-21-23-17(16)22-19(24)27-11-12-3-2-4-13(20)9-12/h2-10H,11H2,1H3,(H,21,23). The summed E-state index contributed by atoms with van der Waals surface area (Å²) in [6, 6.07) is 13.5. The molecule has 0 bridgehead atoms. The van der Waals surface area contributed by atoms with Crippen molar-refractivity contribution in [2.24, 2.45) is 0 Å². The van der Waals surface area contributed by atoms with E-state index in [9.17, 15) is 9.18 Å². The van der Waals surface area contributed by atoms with Crippen LogP contribution in [0.5, 0.6) is 5.75 Å². The van der Waals surface area contributed by atoms with E-state index in [2.05, 4.69) is 15.2 Å². The van der Waals surface area contributed by atoms with Crippen molar-refractivity contribution in [2.45, 2.75) is 10.9 Å². The zero-order valence-corrected chi connectivity index (χ0v) is 15.2. The van der Waals surface area contributed by atoms with Crippen molar-refractivity contribution in [1.82, 2.24) is 19.7 Å². The molecule has 0 aliphatic heterocycles. The lowest BCUT2D eigenvalue weighted by Crippen LogP contribution is -2.21. The Hall–Kier alpha value is -3.13. The monoisotopic (exact) mass is 382 g/mol. The number of nitrogens with zero attached hydrogens (tertiary/aromatic N) is 3. The normalized spacial score (nSPS) is 11.0. The van der Waals surface area contributed by atoms with Crippen LogP contribution in [0.1, 0.15) is 5.56 Å². The summed E-state index contributed by atoms with van der Waals surface area (Å²) in [5.41, 5.74) is 1.67. The van der Waals surface area contributed by atoms with Gasteiger partial charge in [-0.2, -0.15) is 5.10 Å². The molecule has 1 N–H and O–H groups in total. The van der Waals surface area contributed by atoms with Crippen LogP contribution >= 0.6 is 11.8 Å². The summed E-state index contributed by atoms with van der Waals surface area (Å²) in [5, 5.41) is 7.55. The Morgan fingerprint density at radius 2 is 2.04 bits per heavy atom. The summed E-state index contributed by atoms with van der Waals surface area (Å²) < 4.78 is 20.1. The smallest absolute Gasteiger partial charge is 0.269 e. The highest BCUT2D eigenvalue weighted by Gasteiger charge is 2.15. The zero-order chi connectivity index (χ0) is 18.8. The van der Waals surface area contributed by atoms with Gasteiger partial charge in [0.2, 0.25) is 0 Å². The van der Waals surface area contributed by atoms with Crippen LogP contribution in [-0.4, -0.2) is 26.9 Å². The number of hydrogen-bond acceptors (Lipinski definition) is 5. The molecule has 0 saturated carbocycles. The first kappa shape index (κ1) is 17.3. The second kappa shape index (κ2) is 7.24. The Morgan fingerprint density at radius 1 is 1.22 bits per heavy atom. The third-order valence-electron chi connectivity index (χ3n) is 4.04. The second-order valence-electron chi connectivity index (χ2n) is 5.78. The Morgan fingerprint density at radius 3 is 2.78 bits per heavy atom. The summed E-state index contributed by atoms with van der Waals surface area (Å²) in [6.45, 7) is 0. The third-order valence-corrected chi connectivity index (χ3v) is 5.05. The molecule has 0 radical (unpaired) electrons. The molecule has 0 atom stereocenters. The van der Waals surface area contributed by atoms with Gasteiger partial charge in [-0.05, 0) is 42.0 Å². The fourth-order valence-corrected chi connectivity index (χ4v) is 3.65. The Bertz CT molecular complexity index is 1150. The summed E-state index contributed by atoms with van der Waals surface area (Å²) in [4.78, 5) is 17.5. The van der Waals surface area contributed by atoms with Gasteiger partial charge in [0, 0.05) is 5.75 Å². The minimum atomic E-state index is -0.294. The summed E-state index contributed by atoms with van der Waals surface area (Å²) in [6.07, 6.45) is 1.46. The van der Waals surface area contributed by atoms with Crippen molar-refractivity contribution in [3.63, 3.8) is 0 Å². The molecule has 0 spiro atoms. The van der Waals surface area contributed by atoms with Crippen LogP contribution in [-0.2, 0) is 5.75 Å². The highest BCUT2D eigenvalue weighted by molar-refractivity contribution is 7.98. The topological polar surface area (TPSA) is 72.8 Å². The summed E-state index contributed by atoms with van der Waals surface area (Å²) in [5.74, 6) is 0.871. The second-order valence-corrected chi connectivity index (χ2v) is 6.73. The van der Waals surface area contributed by atoms with E-state index in [1.54, 1.807) is 37.4 Å². The van der Waals surface area contributed by atoms with Crippen molar-refractivity contribution < 1.29 is 9.13 Å². The SMILES string of the molecule is COc1ccc(-n2c(SCc3cccc(F)c3)nc3[nH]ncc3c2=O)cc1. The molecule has 4 aromatic rings. The van der Waals surface area contributed by atoms with Crippen molar-refractivity contribution in [3.8, 4) is 11.4 Å². The molecule has 2 aromatic carbocycles. The number of fused-ring (bicyclic) bond motifs is 1. The van der Waals surface area contributed by atoms with E-state index in [0.29, 0.717) is 33.4 Å². The highest BCUT2D eigenvalue weighted by Crippen LogP contribution is 2.25. The van der Waals surface area contributed by atoms with Gasteiger partial charge in [-0.15, -0.1) is 0 Å². The molecule has 0 fully saturated rings. The number of hydrogen-bond donors (Lipinski definition) is 1. The number of thioether (sulfide) groups is 1. The lowest BCUT2D eigenvalue weighted by atomic mass is 10.2. The van der Waals surface area contributed by atoms with Crippen LogP contribution in [0.2, 0.25) is 0 Å². The molecule has 136 valence electrons. The van der Waals surface area contributed by atoms with E-state index in [-0.39, 0.29) is 11.4 Å². The number of aromatic nitrogens is 4. The molecular formula is C19H15FN4O2S. The molecule has 4 rings (SSSR count). The van der Waals surface area contributed by atoms with Crippen molar-refractivity contribution in [2.75, 3.05) is 7.11 Å². The molecule has 0 saturated heterocycles. The maximum Gasteiger partial charge on any atom is 0.269 e. The largest absolute Gasteiger partial charge is 0.497 e. The molecular weight excluding hydrogens is 367 g/mol. The average molecular weight is 382 g/mol. The van der Waals surface area contributed by atoms with Gasteiger partial charge in [-0.3, -0.25) is 14.5 Å². The predicted molar refractivity (Wildman–Crippen MR) is 102 cm³/mol. The number of H-pyrrole nitrogens is 1. The molecule has 27 heavy (non-hydrogen) atoms. The van der Waals surface area contributed by atoms with Crippen LogP contribution < -0.4 is 10.3 Å². The molecule has 2 heterocycles. The highest BCUT2D eigenvalue weighted by atomic mass is 32.2. The van der Waals surface area contributed by atoms with Crippen molar-refractivity contribution >= 4 is 22.8 Å². The lowest BCUT2D eigenvalue weighted by Gasteiger charge is -2.12. The van der Waals surface area contributed by atoms with E-state index in [1.165, 1.54) is 34.7 Å². The molecule has 0 aliphatic rings. The van der Waals surface area contributed by atoms with Gasteiger partial charge in [0.15, 0.2) is 10.8 Å². The minimum Gasteiger partial charge on any atom is -0.497 e. The van der Waals surface area contributed by atoms with E-state index in [1.807, 2.05) is 6.07 Å². The zero-order valence-electron chi connectivity index (χ0n) is 14.3. The number of rotatable bonds is 5. The van der Waals surface area contributed by atoms with Crippen LogP contribution in [0.4, 0.5) is 4.39 Å². The number of halogens is 1. The number of ether oxygens (including phenoxy) is 1. The third kappa shape index (κ3) is 3.43. The Labute approximate surface area is 158 Å². The first-order valence-corrected chi connectivity index (χ1v) is 9.12. The van der Waals surface area contributed by atoms with Gasteiger partial charge in [-0.1, -0.05) is 23.9 Å². The summed E-state index contributed by atoms with van der Waals surface area (Å²) >= 11 is 1.35. The average Bonchev–Trinajstić information content (AvgIpc) is 3.16. The van der Waals surface area contributed by atoms with E-state index < -0.39 is 0 Å². The Balaban J connectivity index is 1.78. The van der Waals surface area contributed by atoms with Gasteiger partial charge < -0.3 is 4.74 Å². The first-order chi connectivity index (χ1) is 13.2. The number of nitrogens with one attached hydrogen (secondary N) is 1. The van der Waals surface area contributed by atoms with Gasteiger partial charge in [0.25, 0.3) is 5.56 Å². The first-order valence-electron chi connectivity index (χ1n) is 8.13. The van der Waals surface area contributed by atoms with Gasteiger partial charge in [0.05, 0.1) is 19.0 Å². The van der Waals surface area contributed by atoms with E-state index in [4.69, 9.17) is 4.74 Å². The van der Waals surface area contributed by atoms with Crippen molar-refractivity contribution in [3.05, 3.63) is 76.5 Å². The Kier molecular flexibility index (Phi) is 4.64. The molecule has 2 aromatic heterocycles. The fraction of sp³-hybridized carbons (Fsp3) is 0.105. The summed E-state index contributed by atoms with van der Waals surface area (Å²) in [7, 11) is 1.58. The molecule has 6 nitrogen and oxygen atoms in total. The molecule has 8 heteroatoms. The van der Waals surface area contributed by atoms with Crippen LogP contribution in [0.3, 0.4) is 0 Å². The van der Waals surface area contributed by atoms with E-state index in [0.717, 1.165) is 5.56 Å². The van der Waals surface area contributed by atoms with E-state index >= 15 is 0 Å². The minimum absolute atomic E-state index is 0.222. The molecule has 0 unspecified atom stereocenters. The molecule has 0 amide bonds. The maximum absolute atomic E-state index is 13.4. The predicted octanol–water partition coefficient (Wildman–Crippen LogP) is 3.55. The number of benzene rings is 2. The van der Waals surface area contributed by atoms with Crippen LogP contribution in [0.25, 0.3) is 16.7 Å². The number of methoxy groups -OCH3 is 1. The van der Waals surface area contributed by atoms with Crippen molar-refractivity contribution in [1.29, 1.82) is 0 Å². The van der Waals surface area contributed by atoms with Gasteiger partial charge in [-0.25, -0.2) is 9.37 Å². The quantitative estimate of drug-likeness (QED) is 0.422. The molecule has 0 aliphatic carbocycles.